The van der Waals surface area contributed by atoms with E-state index in [2.05, 4.69) is 5.32 Å². The van der Waals surface area contributed by atoms with Crippen LogP contribution < -0.4 is 5.32 Å². The summed E-state index contributed by atoms with van der Waals surface area (Å²) in [5.74, 6) is -0.205. The van der Waals surface area contributed by atoms with Crippen molar-refractivity contribution in [1.82, 2.24) is 0 Å². The summed E-state index contributed by atoms with van der Waals surface area (Å²) in [7, 11) is 0. The van der Waals surface area contributed by atoms with Crippen LogP contribution in [0.1, 0.15) is 10.4 Å². The molecule has 2 rings (SSSR count). The molecule has 17 heavy (non-hydrogen) atoms. The van der Waals surface area contributed by atoms with Gasteiger partial charge in [0.1, 0.15) is 5.75 Å². The van der Waals surface area contributed by atoms with Crippen LogP contribution in [0.4, 0.5) is 5.69 Å². The maximum absolute atomic E-state index is 11.9. The number of hydrogen-bond donors (Lipinski definition) is 2. The van der Waals surface area contributed by atoms with Crippen molar-refractivity contribution < 1.29 is 9.90 Å². The zero-order chi connectivity index (χ0) is 12.3. The number of nitrogens with one attached hydrogen (secondary N) is 1. The van der Waals surface area contributed by atoms with Gasteiger partial charge in [-0.2, -0.15) is 0 Å². The van der Waals surface area contributed by atoms with E-state index in [1.165, 1.54) is 12.1 Å². The first-order valence-electron chi connectivity index (χ1n) is 5.02. The smallest absolute Gasteiger partial charge is 0.257 e. The quantitative estimate of drug-likeness (QED) is 0.856. The van der Waals surface area contributed by atoms with Crippen LogP contribution in [0.2, 0.25) is 5.02 Å². The Hall–Kier alpha value is -2.00. The lowest BCUT2D eigenvalue weighted by Crippen LogP contribution is -2.12. The monoisotopic (exact) mass is 247 g/mol. The van der Waals surface area contributed by atoms with Crippen molar-refractivity contribution in [3.05, 3.63) is 59.1 Å². The highest BCUT2D eigenvalue weighted by Crippen LogP contribution is 2.19. The molecule has 0 aliphatic rings. The van der Waals surface area contributed by atoms with E-state index < -0.39 is 0 Å². The Balaban J connectivity index is 2.20. The molecule has 0 radical (unpaired) electrons. The fraction of sp³-hybridized carbons (Fsp3) is 0. The van der Waals surface area contributed by atoms with Crippen LogP contribution >= 0.6 is 11.6 Å². The van der Waals surface area contributed by atoms with E-state index in [4.69, 9.17) is 11.6 Å². The zero-order valence-corrected chi connectivity index (χ0v) is 9.61. The van der Waals surface area contributed by atoms with Crippen LogP contribution in [-0.2, 0) is 0 Å². The number of hydrogen-bond acceptors (Lipinski definition) is 2. The summed E-state index contributed by atoms with van der Waals surface area (Å²) in [4.78, 5) is 11.9. The second-order valence-corrected chi connectivity index (χ2v) is 3.89. The summed E-state index contributed by atoms with van der Waals surface area (Å²) in [6, 6.07) is 13.1. The van der Waals surface area contributed by atoms with Crippen LogP contribution in [0.25, 0.3) is 0 Å². The molecule has 1 amide bonds. The molecule has 0 spiro atoms. The molecular formula is C13H10ClNO2. The standard InChI is InChI=1S/C13H10ClNO2/c14-12-7-2-1-6-11(12)13(17)15-9-4-3-5-10(16)8-9/h1-8,16H,(H,15,17). The van der Waals surface area contributed by atoms with Gasteiger partial charge in [-0.25, -0.2) is 0 Å². The molecule has 0 heterocycles. The third-order valence-electron chi connectivity index (χ3n) is 2.22. The minimum atomic E-state index is -0.304. The number of rotatable bonds is 2. The molecule has 0 aliphatic carbocycles. The molecule has 0 saturated heterocycles. The Bertz CT molecular complexity index is 555. The average molecular weight is 248 g/mol. The molecule has 0 unspecified atom stereocenters. The number of phenols is 1. The van der Waals surface area contributed by atoms with Crippen molar-refractivity contribution in [3.63, 3.8) is 0 Å². The van der Waals surface area contributed by atoms with Crippen molar-refractivity contribution in [1.29, 1.82) is 0 Å². The highest BCUT2D eigenvalue weighted by molar-refractivity contribution is 6.34. The molecule has 86 valence electrons. The maximum atomic E-state index is 11.9. The Morgan fingerprint density at radius 3 is 2.59 bits per heavy atom. The third kappa shape index (κ3) is 2.77. The van der Waals surface area contributed by atoms with Crippen LogP contribution in [0.5, 0.6) is 5.75 Å². The fourth-order valence-electron chi connectivity index (χ4n) is 1.43. The number of phenolic OH excluding ortho intramolecular Hbond substituents is 1. The van der Waals surface area contributed by atoms with Gasteiger partial charge in [0.2, 0.25) is 0 Å². The lowest BCUT2D eigenvalue weighted by atomic mass is 10.2. The van der Waals surface area contributed by atoms with E-state index in [1.54, 1.807) is 36.4 Å². The van der Waals surface area contributed by atoms with E-state index >= 15 is 0 Å². The van der Waals surface area contributed by atoms with Crippen LogP contribution in [0.3, 0.4) is 0 Å². The first-order chi connectivity index (χ1) is 8.16. The summed E-state index contributed by atoms with van der Waals surface area (Å²) in [6.07, 6.45) is 0. The molecule has 4 heteroatoms. The largest absolute Gasteiger partial charge is 0.508 e. The molecule has 3 nitrogen and oxygen atoms in total. The number of halogens is 1. The first-order valence-corrected chi connectivity index (χ1v) is 5.39. The Morgan fingerprint density at radius 1 is 1.12 bits per heavy atom. The molecule has 2 aromatic rings. The van der Waals surface area contributed by atoms with Gasteiger partial charge >= 0.3 is 0 Å². The molecule has 0 bridgehead atoms. The lowest BCUT2D eigenvalue weighted by molar-refractivity contribution is 0.102. The Kier molecular flexibility index (Phi) is 3.30. The normalized spacial score (nSPS) is 9.94. The molecule has 0 saturated carbocycles. The van der Waals surface area contributed by atoms with Gasteiger partial charge in [-0.05, 0) is 24.3 Å². The van der Waals surface area contributed by atoms with Gasteiger partial charge in [0.05, 0.1) is 10.6 Å². The van der Waals surface area contributed by atoms with Crippen molar-refractivity contribution in [2.75, 3.05) is 5.32 Å². The molecular weight excluding hydrogens is 238 g/mol. The topological polar surface area (TPSA) is 49.3 Å². The van der Waals surface area contributed by atoms with Gasteiger partial charge in [0.25, 0.3) is 5.91 Å². The molecule has 0 aromatic heterocycles. The van der Waals surface area contributed by atoms with Crippen LogP contribution in [0, 0.1) is 0 Å². The van der Waals surface area contributed by atoms with Crippen molar-refractivity contribution in [3.8, 4) is 5.75 Å². The highest BCUT2D eigenvalue weighted by atomic mass is 35.5. The number of anilines is 1. The predicted molar refractivity (Wildman–Crippen MR) is 67.5 cm³/mol. The molecule has 0 aliphatic heterocycles. The van der Waals surface area contributed by atoms with E-state index in [1.807, 2.05) is 0 Å². The highest BCUT2D eigenvalue weighted by Gasteiger charge is 2.09. The second-order valence-electron chi connectivity index (χ2n) is 3.48. The minimum Gasteiger partial charge on any atom is -0.508 e. The van der Waals surface area contributed by atoms with E-state index in [-0.39, 0.29) is 11.7 Å². The second kappa shape index (κ2) is 4.89. The van der Waals surface area contributed by atoms with Crippen molar-refractivity contribution in [2.45, 2.75) is 0 Å². The van der Waals surface area contributed by atoms with E-state index in [0.29, 0.717) is 16.3 Å². The molecule has 2 N–H and O–H groups in total. The summed E-state index contributed by atoms with van der Waals surface area (Å²) >= 11 is 5.91. The van der Waals surface area contributed by atoms with E-state index in [9.17, 15) is 9.90 Å². The van der Waals surface area contributed by atoms with Gasteiger partial charge in [0.15, 0.2) is 0 Å². The Labute approximate surface area is 104 Å². The fourth-order valence-corrected chi connectivity index (χ4v) is 1.65. The molecule has 0 fully saturated rings. The minimum absolute atomic E-state index is 0.0990. The zero-order valence-electron chi connectivity index (χ0n) is 8.85. The summed E-state index contributed by atoms with van der Waals surface area (Å²) in [6.45, 7) is 0. The van der Waals surface area contributed by atoms with Crippen molar-refractivity contribution >= 4 is 23.2 Å². The molecule has 2 aromatic carbocycles. The van der Waals surface area contributed by atoms with Gasteiger partial charge < -0.3 is 10.4 Å². The van der Waals surface area contributed by atoms with Gasteiger partial charge in [-0.15, -0.1) is 0 Å². The maximum Gasteiger partial charge on any atom is 0.257 e. The number of benzene rings is 2. The number of amides is 1. The summed E-state index contributed by atoms with van der Waals surface area (Å²) in [5.41, 5.74) is 0.924. The predicted octanol–water partition coefficient (Wildman–Crippen LogP) is 3.30. The van der Waals surface area contributed by atoms with E-state index in [0.717, 1.165) is 0 Å². The van der Waals surface area contributed by atoms with Gasteiger partial charge in [0, 0.05) is 11.8 Å². The van der Waals surface area contributed by atoms with Gasteiger partial charge in [-0.3, -0.25) is 4.79 Å². The Morgan fingerprint density at radius 2 is 1.88 bits per heavy atom. The number of carbonyl (C=O) groups is 1. The summed E-state index contributed by atoms with van der Waals surface area (Å²) in [5, 5.41) is 12.3. The van der Waals surface area contributed by atoms with Crippen molar-refractivity contribution in [2.24, 2.45) is 0 Å². The summed E-state index contributed by atoms with van der Waals surface area (Å²) < 4.78 is 0. The SMILES string of the molecule is O=C(Nc1cccc(O)c1)c1ccccc1Cl. The third-order valence-corrected chi connectivity index (χ3v) is 2.55. The number of aromatic hydroxyl groups is 1. The van der Waals surface area contributed by atoms with Crippen LogP contribution in [-0.4, -0.2) is 11.0 Å². The van der Waals surface area contributed by atoms with Gasteiger partial charge in [-0.1, -0.05) is 29.8 Å². The lowest BCUT2D eigenvalue weighted by Gasteiger charge is -2.06. The number of carbonyl (C=O) groups excluding carboxylic acids is 1. The van der Waals surface area contributed by atoms with Crippen LogP contribution in [0.15, 0.2) is 48.5 Å². The first kappa shape index (κ1) is 11.5. The average Bonchev–Trinajstić information content (AvgIpc) is 2.29. The molecule has 0 atom stereocenters.